The number of H-pyrrole nitrogens is 1. The summed E-state index contributed by atoms with van der Waals surface area (Å²) in [5.74, 6) is -0.665. The van der Waals surface area contributed by atoms with Gasteiger partial charge in [0, 0.05) is 5.69 Å². The number of fused-ring (bicyclic) bond motifs is 1. The first-order chi connectivity index (χ1) is 12.7. The Kier molecular flexibility index (Phi) is 4.68. The predicted octanol–water partition coefficient (Wildman–Crippen LogP) is 0.284. The van der Waals surface area contributed by atoms with Gasteiger partial charge in [-0.05, 0) is 36.8 Å². The maximum Gasteiger partial charge on any atom is 0.329 e. The minimum atomic E-state index is -3.95. The number of carbonyl (C=O) groups excluding carboxylic acids is 1. The van der Waals surface area contributed by atoms with Gasteiger partial charge in [0.05, 0.1) is 15.8 Å². The molecule has 4 N–H and O–H groups in total. The van der Waals surface area contributed by atoms with E-state index in [2.05, 4.69) is 10.3 Å². The number of aromatic amines is 1. The molecule has 0 saturated heterocycles. The number of sulfonamides is 1. The van der Waals surface area contributed by atoms with Crippen LogP contribution in [-0.4, -0.2) is 23.9 Å². The first-order valence-corrected chi connectivity index (χ1v) is 9.36. The van der Waals surface area contributed by atoms with Gasteiger partial charge in [0.25, 0.3) is 5.56 Å². The number of aryl methyl sites for hydroxylation is 1. The molecule has 0 aliphatic heterocycles. The molecule has 0 aliphatic rings. The molecule has 0 fully saturated rings. The second kappa shape index (κ2) is 6.82. The average Bonchev–Trinajstić information content (AvgIpc) is 2.59. The van der Waals surface area contributed by atoms with Crippen LogP contribution in [0.3, 0.4) is 0 Å². The van der Waals surface area contributed by atoms with E-state index in [9.17, 15) is 22.8 Å². The molecule has 27 heavy (non-hydrogen) atoms. The lowest BCUT2D eigenvalue weighted by atomic mass is 10.2. The highest BCUT2D eigenvalue weighted by atomic mass is 32.2. The minimum Gasteiger partial charge on any atom is -0.324 e. The molecular formula is C17H16N4O5S. The number of nitrogens with two attached hydrogens (primary N) is 1. The molecule has 1 heterocycles. The summed E-state index contributed by atoms with van der Waals surface area (Å²) in [6, 6.07) is 10.7. The van der Waals surface area contributed by atoms with Crippen LogP contribution in [0.25, 0.3) is 10.9 Å². The molecule has 9 nitrogen and oxygen atoms in total. The molecule has 0 unspecified atom stereocenters. The van der Waals surface area contributed by atoms with E-state index in [0.717, 1.165) is 4.57 Å². The van der Waals surface area contributed by atoms with Crippen LogP contribution >= 0.6 is 0 Å². The topological polar surface area (TPSA) is 144 Å². The number of nitrogens with zero attached hydrogens (tertiary/aromatic N) is 1. The normalized spacial score (nSPS) is 11.5. The third kappa shape index (κ3) is 3.81. The molecule has 10 heteroatoms. The summed E-state index contributed by atoms with van der Waals surface area (Å²) in [4.78, 5) is 39.2. The van der Waals surface area contributed by atoms with Crippen molar-refractivity contribution in [2.75, 3.05) is 5.32 Å². The number of rotatable bonds is 4. The third-order valence-corrected chi connectivity index (χ3v) is 5.02. The van der Waals surface area contributed by atoms with Gasteiger partial charge in [-0.3, -0.25) is 14.2 Å². The average molecular weight is 388 g/mol. The second-order valence-electron chi connectivity index (χ2n) is 5.94. The van der Waals surface area contributed by atoms with Gasteiger partial charge in [0.15, 0.2) is 0 Å². The smallest absolute Gasteiger partial charge is 0.324 e. The van der Waals surface area contributed by atoms with Crippen LogP contribution in [0.15, 0.2) is 56.9 Å². The van der Waals surface area contributed by atoms with Gasteiger partial charge >= 0.3 is 5.69 Å². The van der Waals surface area contributed by atoms with E-state index in [1.807, 2.05) is 0 Å². The van der Waals surface area contributed by atoms with Crippen molar-refractivity contribution in [2.24, 2.45) is 5.14 Å². The number of para-hydroxylation sites is 1. The fourth-order valence-electron chi connectivity index (χ4n) is 2.67. The van der Waals surface area contributed by atoms with Gasteiger partial charge in [0.1, 0.15) is 6.54 Å². The summed E-state index contributed by atoms with van der Waals surface area (Å²) < 4.78 is 23.9. The highest BCUT2D eigenvalue weighted by Gasteiger charge is 2.15. The Morgan fingerprint density at radius 1 is 1.19 bits per heavy atom. The molecule has 0 aliphatic carbocycles. The Labute approximate surface area is 153 Å². The van der Waals surface area contributed by atoms with Crippen molar-refractivity contribution in [1.82, 2.24) is 9.55 Å². The maximum atomic E-state index is 12.4. The second-order valence-corrected chi connectivity index (χ2v) is 7.47. The van der Waals surface area contributed by atoms with Gasteiger partial charge in [-0.25, -0.2) is 18.4 Å². The van der Waals surface area contributed by atoms with Crippen molar-refractivity contribution >= 4 is 32.5 Å². The lowest BCUT2D eigenvalue weighted by Gasteiger charge is -2.10. The van der Waals surface area contributed by atoms with Crippen LogP contribution in [0, 0.1) is 6.92 Å². The van der Waals surface area contributed by atoms with Crippen molar-refractivity contribution in [3.8, 4) is 0 Å². The van der Waals surface area contributed by atoms with Crippen LogP contribution in [0.2, 0.25) is 0 Å². The van der Waals surface area contributed by atoms with Gasteiger partial charge in [-0.1, -0.05) is 18.2 Å². The quantitative estimate of drug-likeness (QED) is 0.588. The van der Waals surface area contributed by atoms with Crippen molar-refractivity contribution in [2.45, 2.75) is 18.4 Å². The zero-order valence-electron chi connectivity index (χ0n) is 14.2. The monoisotopic (exact) mass is 388 g/mol. The van der Waals surface area contributed by atoms with E-state index in [-0.39, 0.29) is 16.0 Å². The Morgan fingerprint density at radius 2 is 1.89 bits per heavy atom. The number of primary sulfonamides is 1. The molecule has 0 atom stereocenters. The number of hydrogen-bond donors (Lipinski definition) is 3. The van der Waals surface area contributed by atoms with Crippen molar-refractivity contribution in [3.63, 3.8) is 0 Å². The van der Waals surface area contributed by atoms with Gasteiger partial charge in [-0.2, -0.15) is 0 Å². The van der Waals surface area contributed by atoms with Crippen molar-refractivity contribution in [3.05, 3.63) is 68.9 Å². The first-order valence-electron chi connectivity index (χ1n) is 7.82. The molecule has 0 radical (unpaired) electrons. The van der Waals surface area contributed by atoms with E-state index < -0.39 is 33.7 Å². The number of carbonyl (C=O) groups is 1. The standard InChI is InChI=1S/C17H16N4O5S/c1-10-6-7-11(8-14(10)27(18,25)26)19-15(22)9-21-16(23)12-4-2-3-5-13(12)20-17(21)24/h2-8H,9H2,1H3,(H,19,22)(H,20,24)(H2,18,25,26). The minimum absolute atomic E-state index is 0.124. The number of hydrogen-bond acceptors (Lipinski definition) is 5. The Balaban J connectivity index is 1.91. The lowest BCUT2D eigenvalue weighted by molar-refractivity contribution is -0.116. The number of amides is 1. The third-order valence-electron chi connectivity index (χ3n) is 3.97. The number of benzene rings is 2. The zero-order chi connectivity index (χ0) is 19.8. The van der Waals surface area contributed by atoms with Crippen LogP contribution in [0.4, 0.5) is 5.69 Å². The van der Waals surface area contributed by atoms with Crippen molar-refractivity contribution < 1.29 is 13.2 Å². The summed E-state index contributed by atoms with van der Waals surface area (Å²) in [5.41, 5.74) is -0.334. The Bertz CT molecular complexity index is 1270. The van der Waals surface area contributed by atoms with Gasteiger partial charge in [0.2, 0.25) is 15.9 Å². The first kappa shape index (κ1) is 18.5. The molecule has 1 aromatic heterocycles. The molecule has 140 valence electrons. The van der Waals surface area contributed by atoms with E-state index in [4.69, 9.17) is 5.14 Å². The highest BCUT2D eigenvalue weighted by molar-refractivity contribution is 7.89. The molecule has 3 aromatic rings. The zero-order valence-corrected chi connectivity index (χ0v) is 15.0. The maximum absolute atomic E-state index is 12.4. The fraction of sp³-hybridized carbons (Fsp3) is 0.118. The van der Waals surface area contributed by atoms with Crippen LogP contribution in [-0.2, 0) is 21.4 Å². The molecule has 2 aromatic carbocycles. The van der Waals surface area contributed by atoms with E-state index in [1.165, 1.54) is 18.2 Å². The SMILES string of the molecule is Cc1ccc(NC(=O)Cn2c(=O)[nH]c3ccccc3c2=O)cc1S(N)(=O)=O. The summed E-state index contributed by atoms with van der Waals surface area (Å²) in [5, 5.41) is 7.88. The molecular weight excluding hydrogens is 372 g/mol. The molecule has 3 rings (SSSR count). The predicted molar refractivity (Wildman–Crippen MR) is 100 cm³/mol. The van der Waals surface area contributed by atoms with E-state index >= 15 is 0 Å². The highest BCUT2D eigenvalue weighted by Crippen LogP contribution is 2.19. The largest absolute Gasteiger partial charge is 0.329 e. The van der Waals surface area contributed by atoms with Crippen LogP contribution in [0.5, 0.6) is 0 Å². The molecule has 1 amide bonds. The van der Waals surface area contributed by atoms with Gasteiger partial charge < -0.3 is 10.3 Å². The molecule has 0 saturated carbocycles. The molecule has 0 spiro atoms. The number of anilines is 1. The van der Waals surface area contributed by atoms with Gasteiger partial charge in [-0.15, -0.1) is 0 Å². The molecule has 0 bridgehead atoms. The lowest BCUT2D eigenvalue weighted by Crippen LogP contribution is -2.38. The van der Waals surface area contributed by atoms with Crippen LogP contribution < -0.4 is 21.7 Å². The number of nitrogens with one attached hydrogen (secondary N) is 2. The fourth-order valence-corrected chi connectivity index (χ4v) is 3.48. The van der Waals surface area contributed by atoms with Crippen LogP contribution in [0.1, 0.15) is 5.56 Å². The summed E-state index contributed by atoms with van der Waals surface area (Å²) in [7, 11) is -3.95. The summed E-state index contributed by atoms with van der Waals surface area (Å²) in [6.07, 6.45) is 0. The number of aromatic nitrogens is 2. The Hall–Kier alpha value is -3.24. The Morgan fingerprint density at radius 3 is 2.59 bits per heavy atom. The summed E-state index contributed by atoms with van der Waals surface area (Å²) in [6.45, 7) is 1.04. The van der Waals surface area contributed by atoms with E-state index in [0.29, 0.717) is 11.1 Å². The van der Waals surface area contributed by atoms with Crippen molar-refractivity contribution in [1.29, 1.82) is 0 Å². The summed E-state index contributed by atoms with van der Waals surface area (Å²) >= 11 is 0. The van der Waals surface area contributed by atoms with E-state index in [1.54, 1.807) is 31.2 Å².